The number of hydrogen-bond acceptors (Lipinski definition) is 3. The number of carbonyl (C=O) groups excluding carboxylic acids is 1. The molecule has 0 aromatic carbocycles. The van der Waals surface area contributed by atoms with Crippen LogP contribution in [0.25, 0.3) is 0 Å². The van der Waals surface area contributed by atoms with Crippen LogP contribution in [0.4, 0.5) is 0 Å². The number of aliphatic hydroxyl groups excluding tert-OH is 1. The van der Waals surface area contributed by atoms with E-state index >= 15 is 0 Å². The third kappa shape index (κ3) is 1.96. The van der Waals surface area contributed by atoms with Crippen LogP contribution in [-0.2, 0) is 4.79 Å². The van der Waals surface area contributed by atoms with E-state index in [1.807, 2.05) is 0 Å². The molecule has 0 heterocycles. The summed E-state index contributed by atoms with van der Waals surface area (Å²) in [4.78, 5) is 11.8. The van der Waals surface area contributed by atoms with E-state index in [0.717, 1.165) is 44.1 Å². The number of terminal acetylenes is 1. The Morgan fingerprint density at radius 3 is 2.79 bits per heavy atom. The van der Waals surface area contributed by atoms with Gasteiger partial charge in [-0.05, 0) is 80.3 Å². The first-order valence-electron chi connectivity index (χ1n) is 9.58. The molecule has 0 saturated heterocycles. The van der Waals surface area contributed by atoms with Gasteiger partial charge in [-0.15, -0.1) is 6.42 Å². The molecule has 0 amide bonds. The Labute approximate surface area is 144 Å². The number of carbonyl (C=O) groups is 1. The summed E-state index contributed by atoms with van der Waals surface area (Å²) in [5.41, 5.74) is -0.184. The van der Waals surface area contributed by atoms with Crippen molar-refractivity contribution in [1.82, 2.24) is 0 Å². The highest BCUT2D eigenvalue weighted by molar-refractivity contribution is 5.91. The molecule has 4 rings (SSSR count). The SMILES string of the molecule is C#C[C@]1(O)CC[C@H]2[C@@H]3C[C@H](O)C4=CC(=O)CC[C@@H]4[C@H]3CC[C@@]21CC. The zero-order valence-corrected chi connectivity index (χ0v) is 14.5. The second-order valence-electron chi connectivity index (χ2n) is 8.53. The summed E-state index contributed by atoms with van der Waals surface area (Å²) in [6.07, 6.45) is 13.8. The molecule has 3 nitrogen and oxygen atoms in total. The van der Waals surface area contributed by atoms with Crippen LogP contribution in [0, 0.1) is 41.4 Å². The maximum Gasteiger partial charge on any atom is 0.155 e. The normalized spacial score (nSPS) is 50.3. The van der Waals surface area contributed by atoms with Gasteiger partial charge in [0.1, 0.15) is 5.60 Å². The number of rotatable bonds is 1. The molecule has 3 heteroatoms. The fourth-order valence-corrected chi connectivity index (χ4v) is 6.96. The predicted molar refractivity (Wildman–Crippen MR) is 91.9 cm³/mol. The van der Waals surface area contributed by atoms with Gasteiger partial charge in [0.2, 0.25) is 0 Å². The first-order valence-corrected chi connectivity index (χ1v) is 9.58. The summed E-state index contributed by atoms with van der Waals surface area (Å²) >= 11 is 0. The van der Waals surface area contributed by atoms with E-state index in [9.17, 15) is 15.0 Å². The van der Waals surface area contributed by atoms with Crippen molar-refractivity contribution in [2.75, 3.05) is 0 Å². The topological polar surface area (TPSA) is 57.5 Å². The van der Waals surface area contributed by atoms with Gasteiger partial charge < -0.3 is 10.2 Å². The van der Waals surface area contributed by atoms with Crippen molar-refractivity contribution >= 4 is 5.78 Å². The molecule has 24 heavy (non-hydrogen) atoms. The molecular weight excluding hydrogens is 300 g/mol. The van der Waals surface area contributed by atoms with Gasteiger partial charge in [0.15, 0.2) is 5.78 Å². The Morgan fingerprint density at radius 1 is 1.29 bits per heavy atom. The van der Waals surface area contributed by atoms with E-state index in [-0.39, 0.29) is 11.2 Å². The Kier molecular flexibility index (Phi) is 3.71. The number of fused-ring (bicyclic) bond motifs is 5. The van der Waals surface area contributed by atoms with E-state index in [1.165, 1.54) is 0 Å². The van der Waals surface area contributed by atoms with Crippen LogP contribution in [0.15, 0.2) is 11.6 Å². The van der Waals surface area contributed by atoms with Crippen molar-refractivity contribution in [2.45, 2.75) is 70.0 Å². The molecule has 0 aromatic rings. The number of ketones is 1. The van der Waals surface area contributed by atoms with Crippen LogP contribution in [0.2, 0.25) is 0 Å². The number of aliphatic hydroxyl groups is 2. The van der Waals surface area contributed by atoms with Crippen molar-refractivity contribution in [3.8, 4) is 12.3 Å². The predicted octanol–water partition coefficient (Wildman–Crippen LogP) is 2.85. The van der Waals surface area contributed by atoms with Crippen LogP contribution in [0.5, 0.6) is 0 Å². The quantitative estimate of drug-likeness (QED) is 0.728. The minimum absolute atomic E-state index is 0.167. The summed E-state index contributed by atoms with van der Waals surface area (Å²) in [5.74, 6) is 4.62. The molecule has 4 aliphatic rings. The summed E-state index contributed by atoms with van der Waals surface area (Å²) < 4.78 is 0. The van der Waals surface area contributed by atoms with Crippen molar-refractivity contribution in [2.24, 2.45) is 29.1 Å². The first kappa shape index (κ1) is 16.4. The molecule has 3 saturated carbocycles. The van der Waals surface area contributed by atoms with Crippen molar-refractivity contribution in [3.05, 3.63) is 11.6 Å². The fraction of sp³-hybridized carbons (Fsp3) is 0.762. The zero-order chi connectivity index (χ0) is 17.1. The lowest BCUT2D eigenvalue weighted by atomic mass is 9.49. The molecule has 0 unspecified atom stereocenters. The first-order chi connectivity index (χ1) is 11.5. The molecule has 0 aliphatic heterocycles. The average Bonchev–Trinajstić information content (AvgIpc) is 2.89. The minimum Gasteiger partial charge on any atom is -0.389 e. The lowest BCUT2D eigenvalue weighted by molar-refractivity contribution is -0.119. The van der Waals surface area contributed by atoms with Gasteiger partial charge in [0.05, 0.1) is 6.10 Å². The second-order valence-corrected chi connectivity index (χ2v) is 8.53. The highest BCUT2D eigenvalue weighted by Crippen LogP contribution is 2.66. The molecular formula is C21H28O3. The fourth-order valence-electron chi connectivity index (χ4n) is 6.96. The Morgan fingerprint density at radius 2 is 2.08 bits per heavy atom. The lowest BCUT2D eigenvalue weighted by Crippen LogP contribution is -2.55. The van der Waals surface area contributed by atoms with Crippen LogP contribution >= 0.6 is 0 Å². The molecule has 0 aromatic heterocycles. The van der Waals surface area contributed by atoms with E-state index in [1.54, 1.807) is 6.08 Å². The van der Waals surface area contributed by atoms with Gasteiger partial charge in [-0.2, -0.15) is 0 Å². The Hall–Kier alpha value is -1.11. The molecule has 0 radical (unpaired) electrons. The van der Waals surface area contributed by atoms with Gasteiger partial charge in [0.25, 0.3) is 0 Å². The Bertz CT molecular complexity index is 629. The molecule has 0 bridgehead atoms. The van der Waals surface area contributed by atoms with Crippen LogP contribution in [0.1, 0.15) is 58.3 Å². The molecule has 2 N–H and O–H groups in total. The third-order valence-electron chi connectivity index (χ3n) is 8.07. The van der Waals surface area contributed by atoms with Gasteiger partial charge in [-0.3, -0.25) is 4.79 Å². The monoisotopic (exact) mass is 328 g/mol. The highest BCUT2D eigenvalue weighted by atomic mass is 16.3. The third-order valence-corrected chi connectivity index (χ3v) is 8.07. The van der Waals surface area contributed by atoms with Crippen LogP contribution in [0.3, 0.4) is 0 Å². The number of hydrogen-bond donors (Lipinski definition) is 2. The van der Waals surface area contributed by atoms with E-state index < -0.39 is 11.7 Å². The van der Waals surface area contributed by atoms with Crippen LogP contribution in [-0.4, -0.2) is 27.7 Å². The maximum absolute atomic E-state index is 11.8. The zero-order valence-electron chi connectivity index (χ0n) is 14.5. The lowest BCUT2D eigenvalue weighted by Gasteiger charge is -2.56. The van der Waals surface area contributed by atoms with Gasteiger partial charge >= 0.3 is 0 Å². The van der Waals surface area contributed by atoms with Crippen LogP contribution < -0.4 is 0 Å². The van der Waals surface area contributed by atoms with E-state index in [0.29, 0.717) is 36.5 Å². The maximum atomic E-state index is 11.8. The van der Waals surface area contributed by atoms with Crippen molar-refractivity contribution in [1.29, 1.82) is 0 Å². The summed E-state index contributed by atoms with van der Waals surface area (Å²) in [6.45, 7) is 2.16. The smallest absolute Gasteiger partial charge is 0.155 e. The molecule has 3 fully saturated rings. The van der Waals surface area contributed by atoms with Crippen molar-refractivity contribution in [3.63, 3.8) is 0 Å². The van der Waals surface area contributed by atoms with E-state index in [2.05, 4.69) is 12.8 Å². The van der Waals surface area contributed by atoms with Crippen molar-refractivity contribution < 1.29 is 15.0 Å². The largest absolute Gasteiger partial charge is 0.389 e. The summed E-state index contributed by atoms with van der Waals surface area (Å²) in [7, 11) is 0. The standard InChI is InChI=1S/C21H28O3/c1-3-20-9-7-15-14-6-5-13(22)11-17(14)19(23)12-16(15)18(20)8-10-21(20,24)4-2/h2,11,14-16,18-19,23-24H,3,5-10,12H2,1H3/t14-,15-,16-,18+,19+,20+,21+/m1/s1. The molecule has 7 atom stereocenters. The molecule has 4 aliphatic carbocycles. The average molecular weight is 328 g/mol. The van der Waals surface area contributed by atoms with Gasteiger partial charge in [-0.1, -0.05) is 12.8 Å². The highest BCUT2D eigenvalue weighted by Gasteiger charge is 2.64. The molecule has 130 valence electrons. The minimum atomic E-state index is -0.985. The van der Waals surface area contributed by atoms with Gasteiger partial charge in [-0.25, -0.2) is 0 Å². The Balaban J connectivity index is 1.71. The van der Waals surface area contributed by atoms with Gasteiger partial charge in [0, 0.05) is 11.8 Å². The molecule has 0 spiro atoms. The summed E-state index contributed by atoms with van der Waals surface area (Å²) in [5, 5.41) is 21.8. The second kappa shape index (κ2) is 5.44. The summed E-state index contributed by atoms with van der Waals surface area (Å²) in [6, 6.07) is 0. The van der Waals surface area contributed by atoms with E-state index in [4.69, 9.17) is 6.42 Å².